The Morgan fingerprint density at radius 2 is 0.682 bits per heavy atom. The van der Waals surface area contributed by atoms with Gasteiger partial charge in [0, 0.05) is 28.2 Å². The summed E-state index contributed by atoms with van der Waals surface area (Å²) in [6, 6.07) is 70.9. The molecule has 0 saturated carbocycles. The highest BCUT2D eigenvalue weighted by molar-refractivity contribution is 5.90. The van der Waals surface area contributed by atoms with E-state index in [4.69, 9.17) is 15.0 Å². The van der Waals surface area contributed by atoms with E-state index in [0.717, 1.165) is 61.2 Å². The first kappa shape index (κ1) is 41.8. The molecule has 5 nitrogen and oxygen atoms in total. The van der Waals surface area contributed by atoms with Crippen LogP contribution >= 0.6 is 0 Å². The summed E-state index contributed by atoms with van der Waals surface area (Å²) in [6.45, 7) is 13.2. The van der Waals surface area contributed by atoms with Gasteiger partial charge in [-0.2, -0.15) is 9.97 Å². The number of hydrogen-bond acceptors (Lipinski definition) is 5. The minimum absolute atomic E-state index is 0.514. The number of benzene rings is 9. The Morgan fingerprint density at radius 1 is 0.288 bits per heavy atom. The molecule has 1 heterocycles. The van der Waals surface area contributed by atoms with E-state index in [1.54, 1.807) is 0 Å². The van der Waals surface area contributed by atoms with Crippen molar-refractivity contribution in [3.8, 4) is 45.0 Å². The van der Waals surface area contributed by atoms with Crippen LogP contribution in [0, 0.1) is 41.5 Å². The number of anilines is 6. The van der Waals surface area contributed by atoms with Crippen molar-refractivity contribution in [1.82, 2.24) is 15.0 Å². The van der Waals surface area contributed by atoms with Gasteiger partial charge in [0.15, 0.2) is 11.6 Å². The Kier molecular flexibility index (Phi) is 11.3. The zero-order chi connectivity index (χ0) is 45.3. The monoisotopic (exact) mass is 853 g/mol. The van der Waals surface area contributed by atoms with Gasteiger partial charge in [0.1, 0.15) is 0 Å². The van der Waals surface area contributed by atoms with E-state index in [2.05, 4.69) is 233 Å². The summed E-state index contributed by atoms with van der Waals surface area (Å²) < 4.78 is 0. The lowest BCUT2D eigenvalue weighted by molar-refractivity contribution is 1.02. The average molecular weight is 854 g/mol. The van der Waals surface area contributed by atoms with Crippen LogP contribution in [0.25, 0.3) is 55.8 Å². The van der Waals surface area contributed by atoms with Crippen molar-refractivity contribution in [2.45, 2.75) is 41.5 Å². The maximum Gasteiger partial charge on any atom is 0.238 e. The lowest BCUT2D eigenvalue weighted by atomic mass is 9.96. The Hall–Kier alpha value is -8.15. The van der Waals surface area contributed by atoms with E-state index in [0.29, 0.717) is 17.6 Å². The van der Waals surface area contributed by atoms with Crippen molar-refractivity contribution < 1.29 is 0 Å². The van der Waals surface area contributed by atoms with Gasteiger partial charge in [-0.25, -0.2) is 4.98 Å². The van der Waals surface area contributed by atoms with E-state index in [1.165, 1.54) is 44.8 Å². The van der Waals surface area contributed by atoms with Crippen LogP contribution in [0.4, 0.5) is 34.4 Å². The second-order valence-corrected chi connectivity index (χ2v) is 17.4. The van der Waals surface area contributed by atoms with E-state index >= 15 is 0 Å². The molecule has 1 aromatic heterocycles. The van der Waals surface area contributed by atoms with Crippen LogP contribution in [0.15, 0.2) is 200 Å². The molecule has 5 heteroatoms. The molecular weight excluding hydrogens is 803 g/mol. The summed E-state index contributed by atoms with van der Waals surface area (Å²) >= 11 is 0. The second kappa shape index (κ2) is 17.8. The van der Waals surface area contributed by atoms with Gasteiger partial charge in [0.05, 0.1) is 11.4 Å². The maximum absolute atomic E-state index is 5.44. The number of rotatable bonds is 10. The van der Waals surface area contributed by atoms with Crippen LogP contribution in [0.5, 0.6) is 0 Å². The normalized spacial score (nSPS) is 11.2. The van der Waals surface area contributed by atoms with Crippen molar-refractivity contribution in [3.63, 3.8) is 0 Å². The molecule has 0 N–H and O–H groups in total. The fourth-order valence-electron chi connectivity index (χ4n) is 9.53. The smallest absolute Gasteiger partial charge is 0.238 e. The third-order valence-corrected chi connectivity index (χ3v) is 12.3. The summed E-state index contributed by atoms with van der Waals surface area (Å²) in [4.78, 5) is 20.6. The molecule has 66 heavy (non-hydrogen) atoms. The number of aryl methyl sites for hydroxylation is 6. The molecule has 0 aliphatic rings. The number of fused-ring (bicyclic) bond motifs is 1. The van der Waals surface area contributed by atoms with Gasteiger partial charge >= 0.3 is 0 Å². The molecular formula is C61H51N5. The van der Waals surface area contributed by atoms with Crippen molar-refractivity contribution in [3.05, 3.63) is 234 Å². The largest absolute Gasteiger partial charge is 0.309 e. The fourth-order valence-corrected chi connectivity index (χ4v) is 9.53. The fraction of sp³-hybridized carbons (Fsp3) is 0.0984. The highest BCUT2D eigenvalue weighted by atomic mass is 15.3. The van der Waals surface area contributed by atoms with Gasteiger partial charge in [-0.15, -0.1) is 0 Å². The van der Waals surface area contributed by atoms with Crippen LogP contribution in [-0.2, 0) is 0 Å². The molecule has 0 aliphatic heterocycles. The molecule has 10 rings (SSSR count). The number of nitrogens with zero attached hydrogens (tertiary/aromatic N) is 5. The predicted octanol–water partition coefficient (Wildman–Crippen LogP) is 16.5. The quantitative estimate of drug-likeness (QED) is 0.137. The van der Waals surface area contributed by atoms with Gasteiger partial charge in [-0.3, -0.25) is 4.90 Å². The third-order valence-electron chi connectivity index (χ3n) is 12.3. The van der Waals surface area contributed by atoms with Gasteiger partial charge in [0.2, 0.25) is 5.95 Å². The average Bonchev–Trinajstić information content (AvgIpc) is 3.34. The first-order chi connectivity index (χ1) is 32.2. The zero-order valence-electron chi connectivity index (χ0n) is 38.3. The molecule has 0 radical (unpaired) electrons. The third kappa shape index (κ3) is 8.35. The van der Waals surface area contributed by atoms with Crippen LogP contribution in [0.3, 0.4) is 0 Å². The van der Waals surface area contributed by atoms with Crippen LogP contribution in [0.1, 0.15) is 33.4 Å². The molecule has 0 saturated heterocycles. The van der Waals surface area contributed by atoms with Crippen molar-refractivity contribution in [2.75, 3.05) is 9.80 Å². The lowest BCUT2D eigenvalue weighted by Gasteiger charge is -2.32. The summed E-state index contributed by atoms with van der Waals surface area (Å²) in [5.41, 5.74) is 18.9. The second-order valence-electron chi connectivity index (χ2n) is 17.4. The van der Waals surface area contributed by atoms with Crippen LogP contribution in [0.2, 0.25) is 0 Å². The predicted molar refractivity (Wildman–Crippen MR) is 277 cm³/mol. The van der Waals surface area contributed by atoms with Gasteiger partial charge in [-0.05, 0) is 151 Å². The Bertz CT molecular complexity index is 3200. The number of aromatic nitrogens is 3. The summed E-state index contributed by atoms with van der Waals surface area (Å²) in [5, 5.41) is 2.28. The van der Waals surface area contributed by atoms with E-state index in [1.807, 2.05) is 18.2 Å². The Balaban J connectivity index is 1.19. The molecule has 0 fully saturated rings. The van der Waals surface area contributed by atoms with Crippen molar-refractivity contribution in [1.29, 1.82) is 0 Å². The minimum Gasteiger partial charge on any atom is -0.309 e. The van der Waals surface area contributed by atoms with Gasteiger partial charge in [0.25, 0.3) is 0 Å². The Labute approximate surface area is 388 Å². The van der Waals surface area contributed by atoms with E-state index in [9.17, 15) is 0 Å². The lowest BCUT2D eigenvalue weighted by Crippen LogP contribution is -2.17. The molecule has 0 unspecified atom stereocenters. The molecule has 0 atom stereocenters. The molecule has 0 bridgehead atoms. The van der Waals surface area contributed by atoms with E-state index < -0.39 is 0 Å². The molecule has 0 amide bonds. The first-order valence-corrected chi connectivity index (χ1v) is 22.6. The molecule has 320 valence electrons. The van der Waals surface area contributed by atoms with E-state index in [-0.39, 0.29) is 0 Å². The first-order valence-electron chi connectivity index (χ1n) is 22.6. The topological polar surface area (TPSA) is 45.2 Å². The Morgan fingerprint density at radius 3 is 1.18 bits per heavy atom. The standard InChI is InChI=1S/C61H51N5/c1-40-32-42(3)57(43(4)33-40)66(58-44(5)34-41(2)35-45(58)6)55-30-28-54(29-31-55)65(56-27-26-48-22-16-17-25-50(48)39-56)61-63-59(49-23-14-9-15-24-49)62-60(64-61)53-37-51(46-18-10-7-11-19-46)36-52(38-53)47-20-12-8-13-21-47/h7-39H,1-6H3. The van der Waals surface area contributed by atoms with Crippen LogP contribution < -0.4 is 9.80 Å². The van der Waals surface area contributed by atoms with Crippen molar-refractivity contribution in [2.24, 2.45) is 0 Å². The SMILES string of the molecule is Cc1cc(C)c(N(c2ccc(N(c3ccc4ccccc4c3)c3nc(-c4ccccc4)nc(-c4cc(-c5ccccc5)cc(-c5ccccc5)c4)n3)cc2)c2c(C)cc(C)cc2C)c(C)c1. The van der Waals surface area contributed by atoms with Crippen LogP contribution in [-0.4, -0.2) is 15.0 Å². The van der Waals surface area contributed by atoms with Gasteiger partial charge < -0.3 is 4.90 Å². The van der Waals surface area contributed by atoms with Gasteiger partial charge in [-0.1, -0.05) is 157 Å². The number of hydrogen-bond donors (Lipinski definition) is 0. The molecule has 10 aromatic rings. The van der Waals surface area contributed by atoms with Crippen molar-refractivity contribution >= 4 is 45.2 Å². The molecule has 0 aliphatic carbocycles. The zero-order valence-corrected chi connectivity index (χ0v) is 38.3. The molecule has 0 spiro atoms. The summed E-state index contributed by atoms with van der Waals surface area (Å²) in [7, 11) is 0. The highest BCUT2D eigenvalue weighted by Crippen LogP contribution is 2.44. The molecule has 9 aromatic carbocycles. The minimum atomic E-state index is 0.514. The summed E-state index contributed by atoms with van der Waals surface area (Å²) in [6.07, 6.45) is 0. The highest BCUT2D eigenvalue weighted by Gasteiger charge is 2.24. The summed E-state index contributed by atoms with van der Waals surface area (Å²) in [5.74, 6) is 1.69. The maximum atomic E-state index is 5.44.